The van der Waals surface area contributed by atoms with E-state index in [1.807, 2.05) is 88.5 Å². The third-order valence-electron chi connectivity index (χ3n) is 8.59. The van der Waals surface area contributed by atoms with Gasteiger partial charge in [-0.15, -0.1) is 59.7 Å². The summed E-state index contributed by atoms with van der Waals surface area (Å²) in [6.45, 7) is 12.1. The normalized spacial score (nSPS) is 13.6. The number of aromatic nitrogens is 2. The maximum atomic E-state index is 13.5. The van der Waals surface area contributed by atoms with Gasteiger partial charge in [-0.05, 0) is 80.2 Å². The van der Waals surface area contributed by atoms with E-state index >= 15 is 0 Å². The van der Waals surface area contributed by atoms with Gasteiger partial charge in [-0.25, -0.2) is 4.39 Å². The molecule has 0 saturated carbocycles. The van der Waals surface area contributed by atoms with Crippen molar-refractivity contribution in [3.05, 3.63) is 138 Å². The summed E-state index contributed by atoms with van der Waals surface area (Å²) in [5, 5.41) is 3.06. The van der Waals surface area contributed by atoms with Crippen molar-refractivity contribution in [1.82, 2.24) is 9.97 Å². The third kappa shape index (κ3) is 7.90. The quantitative estimate of drug-likeness (QED) is 0.123. The van der Waals surface area contributed by atoms with Crippen LogP contribution in [0.25, 0.3) is 53.8 Å². The molecule has 4 aromatic carbocycles. The summed E-state index contributed by atoms with van der Waals surface area (Å²) in [4.78, 5) is 9.14. The molecule has 0 saturated heterocycles. The molecule has 0 aliphatic rings. The van der Waals surface area contributed by atoms with E-state index in [-0.39, 0.29) is 31.5 Å². The molecule has 3 aromatic heterocycles. The van der Waals surface area contributed by atoms with Crippen molar-refractivity contribution in [3.63, 3.8) is 0 Å². The minimum Gasteiger partial charge on any atom is -0.305 e. The van der Waals surface area contributed by atoms with Crippen LogP contribution in [0.1, 0.15) is 63.0 Å². The molecule has 0 amide bonds. The standard InChI is InChI=1S/C27H21FNS.C17H22NSi.Ir/c1-16(2)19-13-14-29-25(15-19)24-6-4-5-22-23-12-11-21(17(3)26(23)30-27(22)24)18-7-9-20(28)10-8-18;1-13(2)15-11-16(14-9-7-6-8-10-14)18-12-17(15)19(3,4)5;/h4-5,7-16H,1-3H3;6-9,11-13H,1-5H3;/q2*-1;/i3D3,16D;13D;. The van der Waals surface area contributed by atoms with Gasteiger partial charge in [0.25, 0.3) is 0 Å². The second-order valence-corrected chi connectivity index (χ2v) is 19.7. The van der Waals surface area contributed by atoms with Gasteiger partial charge in [-0.2, -0.15) is 11.3 Å². The van der Waals surface area contributed by atoms with Crippen LogP contribution in [0.2, 0.25) is 19.6 Å². The predicted octanol–water partition coefficient (Wildman–Crippen LogP) is 12.4. The molecule has 3 heterocycles. The fourth-order valence-electron chi connectivity index (χ4n) is 5.91. The number of rotatable bonds is 6. The number of fused-ring (bicyclic) bond motifs is 3. The number of halogens is 1. The Hall–Kier alpha value is -3.80. The zero-order valence-corrected chi connectivity index (χ0v) is 33.5. The predicted molar refractivity (Wildman–Crippen MR) is 211 cm³/mol. The third-order valence-corrected chi connectivity index (χ3v) is 11.9. The largest absolute Gasteiger partial charge is 0.305 e. The molecule has 0 aliphatic heterocycles. The van der Waals surface area contributed by atoms with Crippen molar-refractivity contribution in [2.45, 2.75) is 66.0 Å². The van der Waals surface area contributed by atoms with Crippen LogP contribution in [-0.4, -0.2) is 18.0 Å². The van der Waals surface area contributed by atoms with Crippen LogP contribution in [-0.2, 0) is 20.1 Å². The average molecular weight is 876 g/mol. The Balaban J connectivity index is 0.000000237. The van der Waals surface area contributed by atoms with E-state index < -0.39 is 26.7 Å². The van der Waals surface area contributed by atoms with Gasteiger partial charge in [-0.1, -0.05) is 100 Å². The molecule has 1 radical (unpaired) electrons. The van der Waals surface area contributed by atoms with E-state index in [9.17, 15) is 4.39 Å². The van der Waals surface area contributed by atoms with E-state index in [2.05, 4.69) is 47.8 Å². The van der Waals surface area contributed by atoms with Gasteiger partial charge in [0.05, 0.1) is 8.07 Å². The molecule has 7 rings (SSSR count). The molecule has 0 bridgehead atoms. The van der Waals surface area contributed by atoms with Crippen LogP contribution in [0.5, 0.6) is 0 Å². The van der Waals surface area contributed by atoms with Crippen LogP contribution in [0.3, 0.4) is 0 Å². The number of pyridine rings is 2. The van der Waals surface area contributed by atoms with Gasteiger partial charge in [0.1, 0.15) is 5.82 Å². The molecule has 0 atom stereocenters. The SMILES string of the molecule is [2H]C(C)(C)c1cc(-c2[c-]cccc2)ncc1[Si](C)(C)C.[2H]C([2H])([2H])c1c(-c2ccc(F)cc2)ccc2c1sc1c(-c3cc(C([2H])(C)C)ccn3)[c-]ccc12.[Ir]. The minimum absolute atomic E-state index is 0. The number of hydrogen-bond acceptors (Lipinski definition) is 3. The van der Waals surface area contributed by atoms with E-state index in [0.717, 1.165) is 43.4 Å². The Morgan fingerprint density at radius 2 is 1.56 bits per heavy atom. The fourth-order valence-corrected chi connectivity index (χ4v) is 8.75. The Morgan fingerprint density at radius 1 is 0.800 bits per heavy atom. The minimum atomic E-state index is -2.36. The summed E-state index contributed by atoms with van der Waals surface area (Å²) >= 11 is 1.41. The summed E-state index contributed by atoms with van der Waals surface area (Å²) in [5.74, 6) is -1.75. The molecule has 7 aromatic rings. The Bertz CT molecular complexity index is 2450. The maximum absolute atomic E-state index is 13.5. The Kier molecular flexibility index (Phi) is 9.67. The van der Waals surface area contributed by atoms with E-state index in [1.165, 1.54) is 28.7 Å². The fraction of sp³-hybridized carbons (Fsp3) is 0.227. The van der Waals surface area contributed by atoms with Crippen molar-refractivity contribution < 1.29 is 31.3 Å². The molecule has 0 spiro atoms. The van der Waals surface area contributed by atoms with Crippen molar-refractivity contribution in [1.29, 1.82) is 0 Å². The molecular formula is C44H43FIrN2SSi-2. The second-order valence-electron chi connectivity index (χ2n) is 13.6. The van der Waals surface area contributed by atoms with Crippen LogP contribution in [0.4, 0.5) is 4.39 Å². The van der Waals surface area contributed by atoms with E-state index in [0.29, 0.717) is 21.5 Å². The number of thiophene rings is 1. The monoisotopic (exact) mass is 876 g/mol. The Morgan fingerprint density at radius 3 is 2.22 bits per heavy atom. The molecule has 2 nitrogen and oxygen atoms in total. The first-order valence-electron chi connectivity index (χ1n) is 18.8. The van der Waals surface area contributed by atoms with Crippen molar-refractivity contribution >= 4 is 44.8 Å². The first kappa shape index (κ1) is 31.0. The number of aryl methyl sites for hydroxylation is 1. The molecular weight excluding hydrogens is 828 g/mol. The first-order valence-corrected chi connectivity index (χ1v) is 20.7. The number of benzene rings is 4. The molecule has 50 heavy (non-hydrogen) atoms. The molecule has 257 valence electrons. The topological polar surface area (TPSA) is 25.8 Å². The van der Waals surface area contributed by atoms with Gasteiger partial charge in [0, 0.05) is 44.1 Å². The molecule has 0 unspecified atom stereocenters. The van der Waals surface area contributed by atoms with Crippen LogP contribution >= 0.6 is 11.3 Å². The summed E-state index contributed by atoms with van der Waals surface area (Å²) < 4.78 is 56.8. The van der Waals surface area contributed by atoms with Crippen molar-refractivity contribution in [3.8, 4) is 33.6 Å². The summed E-state index contributed by atoms with van der Waals surface area (Å²) in [6, 6.07) is 33.6. The van der Waals surface area contributed by atoms with Gasteiger partial charge < -0.3 is 9.97 Å². The summed E-state index contributed by atoms with van der Waals surface area (Å²) in [7, 11) is -1.50. The van der Waals surface area contributed by atoms with Gasteiger partial charge in [-0.3, -0.25) is 0 Å². The van der Waals surface area contributed by atoms with Gasteiger partial charge in [0.15, 0.2) is 0 Å². The van der Waals surface area contributed by atoms with Crippen LogP contribution in [0, 0.1) is 24.8 Å². The smallest absolute Gasteiger partial charge is 0.123 e. The van der Waals surface area contributed by atoms with Gasteiger partial charge in [0.2, 0.25) is 0 Å². The summed E-state index contributed by atoms with van der Waals surface area (Å²) in [6.07, 6.45) is 3.68. The Labute approximate surface area is 322 Å². The molecule has 6 heteroatoms. The number of hydrogen-bond donors (Lipinski definition) is 0. The summed E-state index contributed by atoms with van der Waals surface area (Å²) in [5.41, 5.74) is 6.80. The maximum Gasteiger partial charge on any atom is 0.123 e. The van der Waals surface area contributed by atoms with Crippen molar-refractivity contribution in [2.24, 2.45) is 0 Å². The van der Waals surface area contributed by atoms with Crippen LogP contribution < -0.4 is 5.19 Å². The molecule has 0 aliphatic carbocycles. The van der Waals surface area contributed by atoms with Crippen LogP contribution in [0.15, 0.2) is 103 Å². The zero-order valence-electron chi connectivity index (χ0n) is 34.3. The first-order chi connectivity index (χ1) is 25.2. The van der Waals surface area contributed by atoms with E-state index in [1.54, 1.807) is 24.4 Å². The number of nitrogens with zero attached hydrogens (tertiary/aromatic N) is 2. The average Bonchev–Trinajstić information content (AvgIpc) is 3.49. The van der Waals surface area contributed by atoms with Gasteiger partial charge >= 0.3 is 0 Å². The molecule has 0 N–H and O–H groups in total. The van der Waals surface area contributed by atoms with Crippen molar-refractivity contribution in [2.75, 3.05) is 0 Å². The second kappa shape index (κ2) is 15.6. The molecule has 0 fully saturated rings. The zero-order chi connectivity index (χ0) is 39.2. The van der Waals surface area contributed by atoms with E-state index in [4.69, 9.17) is 6.85 Å².